The van der Waals surface area contributed by atoms with Gasteiger partial charge in [-0.15, -0.1) is 0 Å². The average Bonchev–Trinajstić information content (AvgIpc) is 3.04. The highest BCUT2D eigenvalue weighted by Crippen LogP contribution is 2.27. The molecular weight excluding hydrogens is 564 g/mol. The van der Waals surface area contributed by atoms with Crippen molar-refractivity contribution in [2.24, 2.45) is 0 Å². The highest BCUT2D eigenvalue weighted by molar-refractivity contribution is 6.30. The van der Waals surface area contributed by atoms with Crippen LogP contribution < -0.4 is 19.5 Å². The van der Waals surface area contributed by atoms with E-state index in [1.54, 1.807) is 38.4 Å². The maximum atomic E-state index is 13.9. The molecule has 0 aliphatic heterocycles. The topological polar surface area (TPSA) is 77.1 Å². The predicted octanol–water partition coefficient (Wildman–Crippen LogP) is 5.91. The molecule has 1 N–H and O–H groups in total. The molecule has 0 aliphatic rings. The van der Waals surface area contributed by atoms with Crippen molar-refractivity contribution in [2.45, 2.75) is 31.8 Å². The van der Waals surface area contributed by atoms with E-state index in [9.17, 15) is 9.59 Å². The number of nitrogens with zero attached hydrogens (tertiary/aromatic N) is 1. The second-order valence-corrected chi connectivity index (χ2v) is 10.5. The van der Waals surface area contributed by atoms with Crippen LogP contribution in [-0.4, -0.2) is 50.6 Å². The lowest BCUT2D eigenvalue weighted by molar-refractivity contribution is -0.140. The lowest BCUT2D eigenvalue weighted by Gasteiger charge is -2.32. The van der Waals surface area contributed by atoms with Gasteiger partial charge in [-0.05, 0) is 65.1 Å². The van der Waals surface area contributed by atoms with Gasteiger partial charge in [0.1, 0.15) is 11.8 Å². The summed E-state index contributed by atoms with van der Waals surface area (Å²) < 4.78 is 16.1. The quantitative estimate of drug-likeness (QED) is 0.195. The minimum absolute atomic E-state index is 0.136. The standard InChI is InChI=1S/C35H37ClN2O5/c1-41-30-16-11-28(12-17-30)24-38(34(39)23-26-9-14-29(36)15-10-26)31(21-25-7-5-4-6-8-25)35(40)37-20-19-27-13-18-32(42-2)33(22-27)43-3/h4-18,22,31H,19-21,23-24H2,1-3H3,(H,37,40)/t31-/m0/s1. The fourth-order valence-corrected chi connectivity index (χ4v) is 4.97. The number of nitrogens with one attached hydrogen (secondary N) is 1. The van der Waals surface area contributed by atoms with Crippen molar-refractivity contribution >= 4 is 23.4 Å². The maximum absolute atomic E-state index is 13.9. The molecule has 0 aliphatic carbocycles. The molecule has 0 aromatic heterocycles. The minimum atomic E-state index is -0.741. The van der Waals surface area contributed by atoms with Crippen LogP contribution in [0.2, 0.25) is 5.02 Å². The van der Waals surface area contributed by atoms with Gasteiger partial charge >= 0.3 is 0 Å². The third-order valence-corrected chi connectivity index (χ3v) is 7.46. The fraction of sp³-hybridized carbons (Fsp3) is 0.257. The van der Waals surface area contributed by atoms with Crippen molar-refractivity contribution in [3.8, 4) is 17.2 Å². The number of benzene rings is 4. The summed E-state index contributed by atoms with van der Waals surface area (Å²) in [6.07, 6.45) is 1.09. The zero-order valence-corrected chi connectivity index (χ0v) is 25.5. The summed E-state index contributed by atoms with van der Waals surface area (Å²) in [7, 11) is 4.80. The lowest BCUT2D eigenvalue weighted by atomic mass is 10.0. The number of carbonyl (C=O) groups is 2. The lowest BCUT2D eigenvalue weighted by Crippen LogP contribution is -2.51. The van der Waals surface area contributed by atoms with Crippen molar-refractivity contribution < 1.29 is 23.8 Å². The first-order chi connectivity index (χ1) is 20.9. The summed E-state index contributed by atoms with van der Waals surface area (Å²) in [5.74, 6) is 1.62. The molecule has 8 heteroatoms. The van der Waals surface area contributed by atoms with E-state index in [2.05, 4.69) is 5.32 Å². The third kappa shape index (κ3) is 9.00. The van der Waals surface area contributed by atoms with Crippen molar-refractivity contribution in [3.05, 3.63) is 124 Å². The number of hydrogen-bond donors (Lipinski definition) is 1. The fourth-order valence-electron chi connectivity index (χ4n) is 4.84. The van der Waals surface area contributed by atoms with Crippen LogP contribution in [0, 0.1) is 0 Å². The zero-order valence-electron chi connectivity index (χ0n) is 24.7. The van der Waals surface area contributed by atoms with Crippen LogP contribution >= 0.6 is 11.6 Å². The molecule has 4 aromatic carbocycles. The second-order valence-electron chi connectivity index (χ2n) is 10.1. The van der Waals surface area contributed by atoms with Crippen LogP contribution in [-0.2, 0) is 35.4 Å². The Morgan fingerprint density at radius 3 is 2.05 bits per heavy atom. The molecule has 0 heterocycles. The Morgan fingerprint density at radius 2 is 1.40 bits per heavy atom. The van der Waals surface area contributed by atoms with Crippen LogP contribution in [0.3, 0.4) is 0 Å². The summed E-state index contributed by atoms with van der Waals surface area (Å²) in [5.41, 5.74) is 3.66. The summed E-state index contributed by atoms with van der Waals surface area (Å²) in [4.78, 5) is 29.5. The molecule has 7 nitrogen and oxygen atoms in total. The highest BCUT2D eigenvalue weighted by Gasteiger charge is 2.30. The van der Waals surface area contributed by atoms with Gasteiger partial charge in [0.2, 0.25) is 11.8 Å². The van der Waals surface area contributed by atoms with Crippen LogP contribution in [0.15, 0.2) is 97.1 Å². The van der Waals surface area contributed by atoms with Crippen molar-refractivity contribution in [1.82, 2.24) is 10.2 Å². The number of carbonyl (C=O) groups excluding carboxylic acids is 2. The van der Waals surface area contributed by atoms with Gasteiger partial charge in [0.15, 0.2) is 11.5 Å². The van der Waals surface area contributed by atoms with E-state index in [1.807, 2.05) is 84.9 Å². The molecule has 0 radical (unpaired) electrons. The minimum Gasteiger partial charge on any atom is -0.497 e. The molecule has 0 bridgehead atoms. The molecule has 0 fully saturated rings. The Morgan fingerprint density at radius 1 is 0.744 bits per heavy atom. The molecule has 0 unspecified atom stereocenters. The number of methoxy groups -OCH3 is 3. The van der Waals surface area contributed by atoms with Gasteiger partial charge in [0.25, 0.3) is 0 Å². The van der Waals surface area contributed by atoms with Crippen LogP contribution in [0.5, 0.6) is 17.2 Å². The molecule has 4 aromatic rings. The number of rotatable bonds is 14. The Hall–Kier alpha value is -4.49. The molecule has 4 rings (SSSR count). The van der Waals surface area contributed by atoms with E-state index in [4.69, 9.17) is 25.8 Å². The molecule has 0 spiro atoms. The first-order valence-electron chi connectivity index (χ1n) is 14.1. The molecule has 0 saturated carbocycles. The SMILES string of the molecule is COc1ccc(CN(C(=O)Cc2ccc(Cl)cc2)[C@@H](Cc2ccccc2)C(=O)NCCc2ccc(OC)c(OC)c2)cc1. The van der Waals surface area contributed by atoms with E-state index in [-0.39, 0.29) is 24.8 Å². The van der Waals surface area contributed by atoms with Crippen molar-refractivity contribution in [2.75, 3.05) is 27.9 Å². The predicted molar refractivity (Wildman–Crippen MR) is 169 cm³/mol. The summed E-state index contributed by atoms with van der Waals surface area (Å²) in [5, 5.41) is 3.69. The van der Waals surface area contributed by atoms with Gasteiger partial charge in [0, 0.05) is 24.5 Å². The Labute approximate surface area is 258 Å². The zero-order chi connectivity index (χ0) is 30.6. The van der Waals surface area contributed by atoms with Gasteiger partial charge in [-0.3, -0.25) is 9.59 Å². The van der Waals surface area contributed by atoms with Crippen LogP contribution in [0.25, 0.3) is 0 Å². The Kier molecular flexibility index (Phi) is 11.5. The van der Waals surface area contributed by atoms with E-state index < -0.39 is 6.04 Å². The van der Waals surface area contributed by atoms with Gasteiger partial charge in [-0.25, -0.2) is 0 Å². The Balaban J connectivity index is 1.59. The largest absolute Gasteiger partial charge is 0.497 e. The van der Waals surface area contributed by atoms with E-state index >= 15 is 0 Å². The molecule has 224 valence electrons. The van der Waals surface area contributed by atoms with Gasteiger partial charge in [0.05, 0.1) is 27.8 Å². The monoisotopic (exact) mass is 600 g/mol. The molecule has 43 heavy (non-hydrogen) atoms. The number of hydrogen-bond acceptors (Lipinski definition) is 5. The number of ether oxygens (including phenoxy) is 3. The van der Waals surface area contributed by atoms with E-state index in [1.165, 1.54) is 0 Å². The van der Waals surface area contributed by atoms with Gasteiger partial charge in [-0.1, -0.05) is 72.3 Å². The van der Waals surface area contributed by atoms with Crippen LogP contribution in [0.1, 0.15) is 22.3 Å². The van der Waals surface area contributed by atoms with Crippen molar-refractivity contribution in [3.63, 3.8) is 0 Å². The molecule has 2 amide bonds. The first-order valence-corrected chi connectivity index (χ1v) is 14.5. The first kappa shape index (κ1) is 31.4. The number of amides is 2. The summed E-state index contributed by atoms with van der Waals surface area (Å²) in [6, 6.07) is 29.4. The molecule has 0 saturated heterocycles. The smallest absolute Gasteiger partial charge is 0.243 e. The Bertz CT molecular complexity index is 1480. The van der Waals surface area contributed by atoms with Crippen LogP contribution in [0.4, 0.5) is 0 Å². The summed E-state index contributed by atoms with van der Waals surface area (Å²) in [6.45, 7) is 0.651. The maximum Gasteiger partial charge on any atom is 0.243 e. The summed E-state index contributed by atoms with van der Waals surface area (Å²) >= 11 is 6.08. The van der Waals surface area contributed by atoms with Gasteiger partial charge < -0.3 is 24.4 Å². The van der Waals surface area contributed by atoms with Crippen molar-refractivity contribution in [1.29, 1.82) is 0 Å². The molecule has 1 atom stereocenters. The highest BCUT2D eigenvalue weighted by atomic mass is 35.5. The van der Waals surface area contributed by atoms with E-state index in [0.717, 1.165) is 28.0 Å². The van der Waals surface area contributed by atoms with E-state index in [0.29, 0.717) is 35.9 Å². The second kappa shape index (κ2) is 15.7. The normalized spacial score (nSPS) is 11.3. The third-order valence-electron chi connectivity index (χ3n) is 7.21. The number of halogens is 1. The molecular formula is C35H37ClN2O5. The average molecular weight is 601 g/mol. The van der Waals surface area contributed by atoms with Gasteiger partial charge in [-0.2, -0.15) is 0 Å².